The monoisotopic (exact) mass is 295 g/mol. The molecule has 0 aliphatic carbocycles. The summed E-state index contributed by atoms with van der Waals surface area (Å²) in [5.74, 6) is 0.762. The fourth-order valence-electron chi connectivity index (χ4n) is 1.11. The number of rotatable bonds is 3. The van der Waals surface area contributed by atoms with Gasteiger partial charge in [-0.2, -0.15) is 0 Å². The maximum absolute atomic E-state index is 10.5. The Morgan fingerprint density at radius 2 is 2.24 bits per heavy atom. The van der Waals surface area contributed by atoms with Crippen LogP contribution in [0.5, 0.6) is 11.6 Å². The van der Waals surface area contributed by atoms with Gasteiger partial charge < -0.3 is 4.74 Å². The van der Waals surface area contributed by atoms with E-state index >= 15 is 0 Å². The van der Waals surface area contributed by atoms with Gasteiger partial charge in [-0.15, -0.1) is 0 Å². The standard InChI is InChI=1S/C10H6BrN3O3/c11-9-4-7(14(15)16)5-13-10(9)17-8-2-1-3-12-6-8/h1-6H. The van der Waals surface area contributed by atoms with Crippen LogP contribution in [0.25, 0.3) is 0 Å². The summed E-state index contributed by atoms with van der Waals surface area (Å²) in [4.78, 5) is 17.7. The van der Waals surface area contributed by atoms with Crippen molar-refractivity contribution < 1.29 is 9.66 Å². The van der Waals surface area contributed by atoms with E-state index in [1.807, 2.05) is 0 Å². The predicted molar refractivity (Wildman–Crippen MR) is 62.9 cm³/mol. The minimum atomic E-state index is -0.522. The van der Waals surface area contributed by atoms with Crippen LogP contribution < -0.4 is 4.74 Å². The number of ether oxygens (including phenoxy) is 1. The van der Waals surface area contributed by atoms with Crippen LogP contribution in [0.4, 0.5) is 5.69 Å². The first-order chi connectivity index (χ1) is 8.16. The molecule has 2 aromatic heterocycles. The summed E-state index contributed by atoms with van der Waals surface area (Å²) in [6, 6.07) is 4.76. The Bertz CT molecular complexity index is 548. The van der Waals surface area contributed by atoms with Gasteiger partial charge in [0.05, 0.1) is 15.6 Å². The first kappa shape index (κ1) is 11.5. The lowest BCUT2D eigenvalue weighted by Gasteiger charge is -2.05. The molecule has 0 spiro atoms. The zero-order valence-electron chi connectivity index (χ0n) is 8.41. The first-order valence-electron chi connectivity index (χ1n) is 4.54. The fraction of sp³-hybridized carbons (Fsp3) is 0. The van der Waals surface area contributed by atoms with Crippen molar-refractivity contribution in [1.82, 2.24) is 9.97 Å². The highest BCUT2D eigenvalue weighted by Crippen LogP contribution is 2.29. The van der Waals surface area contributed by atoms with Crippen LogP contribution in [0.3, 0.4) is 0 Å². The Balaban J connectivity index is 2.26. The lowest BCUT2D eigenvalue weighted by atomic mass is 10.4. The molecule has 0 radical (unpaired) electrons. The van der Waals surface area contributed by atoms with E-state index in [1.54, 1.807) is 18.3 Å². The molecule has 0 saturated heterocycles. The van der Waals surface area contributed by atoms with E-state index in [4.69, 9.17) is 4.74 Å². The van der Waals surface area contributed by atoms with Crippen molar-refractivity contribution in [3.63, 3.8) is 0 Å². The van der Waals surface area contributed by atoms with E-state index in [0.717, 1.165) is 6.20 Å². The number of pyridine rings is 2. The molecule has 2 aromatic rings. The number of nitro groups is 1. The van der Waals surface area contributed by atoms with Gasteiger partial charge in [0.25, 0.3) is 5.69 Å². The number of aromatic nitrogens is 2. The fourth-order valence-corrected chi connectivity index (χ4v) is 1.53. The molecule has 0 amide bonds. The van der Waals surface area contributed by atoms with E-state index in [9.17, 15) is 10.1 Å². The molecule has 0 N–H and O–H groups in total. The summed E-state index contributed by atoms with van der Waals surface area (Å²) in [6.07, 6.45) is 4.27. The van der Waals surface area contributed by atoms with Crippen LogP contribution in [-0.2, 0) is 0 Å². The van der Waals surface area contributed by atoms with Crippen molar-refractivity contribution in [3.05, 3.63) is 51.4 Å². The van der Waals surface area contributed by atoms with Gasteiger partial charge in [0, 0.05) is 12.3 Å². The van der Waals surface area contributed by atoms with E-state index < -0.39 is 4.92 Å². The van der Waals surface area contributed by atoms with Crippen molar-refractivity contribution in [2.45, 2.75) is 0 Å². The van der Waals surface area contributed by atoms with Gasteiger partial charge in [-0.3, -0.25) is 15.1 Å². The van der Waals surface area contributed by atoms with Crippen molar-refractivity contribution in [2.24, 2.45) is 0 Å². The predicted octanol–water partition coefficient (Wildman–Crippen LogP) is 2.94. The lowest BCUT2D eigenvalue weighted by Crippen LogP contribution is -1.93. The molecule has 2 heterocycles. The molecule has 2 rings (SSSR count). The first-order valence-corrected chi connectivity index (χ1v) is 5.34. The van der Waals surface area contributed by atoms with Gasteiger partial charge in [0.15, 0.2) is 0 Å². The van der Waals surface area contributed by atoms with E-state index in [1.165, 1.54) is 12.3 Å². The number of nitrogens with zero attached hydrogens (tertiary/aromatic N) is 3. The summed E-state index contributed by atoms with van der Waals surface area (Å²) >= 11 is 3.16. The number of hydrogen-bond donors (Lipinski definition) is 0. The zero-order chi connectivity index (χ0) is 12.3. The topological polar surface area (TPSA) is 78.2 Å². The number of hydrogen-bond acceptors (Lipinski definition) is 5. The third kappa shape index (κ3) is 2.76. The average Bonchev–Trinajstić information content (AvgIpc) is 2.33. The van der Waals surface area contributed by atoms with Crippen LogP contribution in [0.1, 0.15) is 0 Å². The van der Waals surface area contributed by atoms with E-state index in [0.29, 0.717) is 10.2 Å². The highest BCUT2D eigenvalue weighted by atomic mass is 79.9. The minimum absolute atomic E-state index is 0.101. The molecule has 0 aliphatic heterocycles. The highest BCUT2D eigenvalue weighted by molar-refractivity contribution is 9.10. The average molecular weight is 296 g/mol. The molecular formula is C10H6BrN3O3. The van der Waals surface area contributed by atoms with Crippen molar-refractivity contribution in [2.75, 3.05) is 0 Å². The molecule has 0 unspecified atom stereocenters. The van der Waals surface area contributed by atoms with Gasteiger partial charge >= 0.3 is 0 Å². The van der Waals surface area contributed by atoms with Gasteiger partial charge in [-0.25, -0.2) is 4.98 Å². The maximum atomic E-state index is 10.5. The second kappa shape index (κ2) is 4.88. The molecule has 0 aromatic carbocycles. The molecule has 6 nitrogen and oxygen atoms in total. The smallest absolute Gasteiger partial charge is 0.288 e. The lowest BCUT2D eigenvalue weighted by molar-refractivity contribution is -0.385. The van der Waals surface area contributed by atoms with Gasteiger partial charge in [0.1, 0.15) is 11.9 Å². The SMILES string of the molecule is O=[N+]([O-])c1cnc(Oc2cccnc2)c(Br)c1. The Morgan fingerprint density at radius 3 is 2.82 bits per heavy atom. The molecule has 0 bridgehead atoms. The van der Waals surface area contributed by atoms with E-state index in [2.05, 4.69) is 25.9 Å². The summed E-state index contributed by atoms with van der Waals surface area (Å²) < 4.78 is 5.81. The van der Waals surface area contributed by atoms with Crippen LogP contribution in [0, 0.1) is 10.1 Å². The molecular weight excluding hydrogens is 290 g/mol. The maximum Gasteiger partial charge on any atom is 0.288 e. The van der Waals surface area contributed by atoms with Crippen LogP contribution >= 0.6 is 15.9 Å². The van der Waals surface area contributed by atoms with Gasteiger partial charge in [-0.05, 0) is 28.1 Å². The summed E-state index contributed by atoms with van der Waals surface area (Å²) in [5, 5.41) is 10.5. The molecule has 0 atom stereocenters. The van der Waals surface area contributed by atoms with Crippen LogP contribution in [0.15, 0.2) is 41.3 Å². The normalized spacial score (nSPS) is 9.94. The summed E-state index contributed by atoms with van der Waals surface area (Å²) in [7, 11) is 0. The quantitative estimate of drug-likeness (QED) is 0.642. The molecule has 17 heavy (non-hydrogen) atoms. The minimum Gasteiger partial charge on any atom is -0.436 e. The van der Waals surface area contributed by atoms with Gasteiger partial charge in [-0.1, -0.05) is 0 Å². The Kier molecular flexibility index (Phi) is 3.29. The third-order valence-corrected chi connectivity index (χ3v) is 2.42. The Labute approximate surface area is 105 Å². The Morgan fingerprint density at radius 1 is 1.41 bits per heavy atom. The van der Waals surface area contributed by atoms with Crippen LogP contribution in [-0.4, -0.2) is 14.9 Å². The third-order valence-electron chi connectivity index (χ3n) is 1.85. The Hall–Kier alpha value is -2.02. The molecule has 0 fully saturated rings. The largest absolute Gasteiger partial charge is 0.436 e. The zero-order valence-corrected chi connectivity index (χ0v) is 9.99. The highest BCUT2D eigenvalue weighted by Gasteiger charge is 2.11. The molecule has 7 heteroatoms. The molecule has 86 valence electrons. The van der Waals surface area contributed by atoms with E-state index in [-0.39, 0.29) is 11.6 Å². The summed E-state index contributed by atoms with van der Waals surface area (Å²) in [5.41, 5.74) is -0.101. The molecule has 0 saturated carbocycles. The van der Waals surface area contributed by atoms with Crippen molar-refractivity contribution in [1.29, 1.82) is 0 Å². The van der Waals surface area contributed by atoms with Crippen molar-refractivity contribution in [3.8, 4) is 11.6 Å². The van der Waals surface area contributed by atoms with Gasteiger partial charge in [0.2, 0.25) is 5.88 Å². The second-order valence-corrected chi connectivity index (χ2v) is 3.88. The second-order valence-electron chi connectivity index (χ2n) is 3.03. The van der Waals surface area contributed by atoms with Crippen LogP contribution in [0.2, 0.25) is 0 Å². The molecule has 0 aliphatic rings. The van der Waals surface area contributed by atoms with Crippen molar-refractivity contribution >= 4 is 21.6 Å². The summed E-state index contributed by atoms with van der Waals surface area (Å²) in [6.45, 7) is 0. The number of halogens is 1.